The van der Waals surface area contributed by atoms with E-state index in [0.29, 0.717) is 29.4 Å². The highest BCUT2D eigenvalue weighted by molar-refractivity contribution is 5.75. The van der Waals surface area contributed by atoms with E-state index in [1.54, 1.807) is 17.8 Å². The Bertz CT molecular complexity index is 1040. The van der Waals surface area contributed by atoms with Crippen LogP contribution in [0.1, 0.15) is 24.5 Å². The molecule has 1 aliphatic carbocycles. The normalized spacial score (nSPS) is 22.0. The number of nitrogens with zero attached hydrogens (tertiary/aromatic N) is 5. The predicted molar refractivity (Wildman–Crippen MR) is 97.7 cm³/mol. The van der Waals surface area contributed by atoms with Crippen LogP contribution in [0.3, 0.4) is 0 Å². The quantitative estimate of drug-likeness (QED) is 0.691. The molecule has 2 fully saturated rings. The smallest absolute Gasteiger partial charge is 0.223 e. The summed E-state index contributed by atoms with van der Waals surface area (Å²) < 4.78 is 35.4. The lowest BCUT2D eigenvalue weighted by molar-refractivity contribution is 0.342. The minimum absolute atomic E-state index is 0.0771. The summed E-state index contributed by atoms with van der Waals surface area (Å²) in [6.45, 7) is 0.732. The third-order valence-corrected chi connectivity index (χ3v) is 5.13. The molecule has 2 atom stereocenters. The van der Waals surface area contributed by atoms with Crippen LogP contribution in [0.25, 0.3) is 16.9 Å². The van der Waals surface area contributed by atoms with E-state index in [1.807, 2.05) is 0 Å². The Kier molecular flexibility index (Phi) is 4.08. The lowest BCUT2D eigenvalue weighted by Gasteiger charge is -2.14. The number of fused-ring (bicyclic) bond motifs is 1. The van der Waals surface area contributed by atoms with Crippen molar-refractivity contribution in [3.8, 4) is 17.0 Å². The van der Waals surface area contributed by atoms with Crippen molar-refractivity contribution in [2.24, 2.45) is 0 Å². The van der Waals surface area contributed by atoms with E-state index in [1.165, 1.54) is 6.20 Å². The molecule has 5 rings (SSSR count). The van der Waals surface area contributed by atoms with Gasteiger partial charge in [0.15, 0.2) is 17.2 Å². The molecule has 28 heavy (non-hydrogen) atoms. The summed E-state index contributed by atoms with van der Waals surface area (Å²) >= 11 is 0. The maximum Gasteiger partial charge on any atom is 0.223 e. The summed E-state index contributed by atoms with van der Waals surface area (Å²) in [5, 5.41) is 10.2. The largest absolute Gasteiger partial charge is 0.493 e. The van der Waals surface area contributed by atoms with E-state index in [2.05, 4.69) is 30.7 Å². The Morgan fingerprint density at radius 3 is 2.82 bits per heavy atom. The second kappa shape index (κ2) is 6.62. The van der Waals surface area contributed by atoms with Crippen molar-refractivity contribution in [1.82, 2.24) is 29.9 Å². The molecule has 3 aromatic heterocycles. The molecule has 1 saturated heterocycles. The third kappa shape index (κ3) is 2.93. The molecule has 2 aliphatic rings. The Morgan fingerprint density at radius 1 is 1.25 bits per heavy atom. The van der Waals surface area contributed by atoms with Gasteiger partial charge in [-0.2, -0.15) is 5.10 Å². The van der Waals surface area contributed by atoms with Gasteiger partial charge in [0.25, 0.3) is 0 Å². The number of ether oxygens (including phenoxy) is 1. The number of anilines is 1. The first-order valence-electron chi connectivity index (χ1n) is 9.20. The first-order chi connectivity index (χ1) is 13.6. The molecule has 0 bridgehead atoms. The summed E-state index contributed by atoms with van der Waals surface area (Å²) in [5.74, 6) is 0.597. The van der Waals surface area contributed by atoms with Crippen LogP contribution in [0.4, 0.5) is 14.7 Å². The van der Waals surface area contributed by atoms with Gasteiger partial charge in [0.2, 0.25) is 5.95 Å². The van der Waals surface area contributed by atoms with E-state index in [4.69, 9.17) is 4.74 Å². The first-order valence-corrected chi connectivity index (χ1v) is 9.20. The van der Waals surface area contributed by atoms with Crippen molar-refractivity contribution < 1.29 is 13.5 Å². The second-order valence-electron chi connectivity index (χ2n) is 7.11. The fourth-order valence-electron chi connectivity index (χ4n) is 3.46. The zero-order valence-electron chi connectivity index (χ0n) is 15.2. The number of halogens is 2. The van der Waals surface area contributed by atoms with E-state index in [0.717, 1.165) is 24.7 Å². The number of hydrogen-bond acceptors (Lipinski definition) is 7. The van der Waals surface area contributed by atoms with Crippen molar-refractivity contribution in [1.29, 1.82) is 0 Å². The Morgan fingerprint density at radius 2 is 2.11 bits per heavy atom. The van der Waals surface area contributed by atoms with Gasteiger partial charge >= 0.3 is 0 Å². The number of hydrogen-bond donors (Lipinski definition) is 2. The molecule has 4 heterocycles. The summed E-state index contributed by atoms with van der Waals surface area (Å²) in [6.07, 6.45) is 5.40. The lowest BCUT2D eigenvalue weighted by Crippen LogP contribution is -2.30. The van der Waals surface area contributed by atoms with Gasteiger partial charge in [0.05, 0.1) is 43.0 Å². The molecule has 3 aromatic rings. The van der Waals surface area contributed by atoms with Gasteiger partial charge in [-0.15, -0.1) is 0 Å². The molecule has 1 aliphatic heterocycles. The van der Waals surface area contributed by atoms with Crippen molar-refractivity contribution in [2.45, 2.75) is 31.0 Å². The Hall–Kier alpha value is -2.88. The van der Waals surface area contributed by atoms with Crippen molar-refractivity contribution >= 4 is 11.6 Å². The van der Waals surface area contributed by atoms with Crippen molar-refractivity contribution in [3.63, 3.8) is 0 Å². The Balaban J connectivity index is 1.55. The van der Waals surface area contributed by atoms with Gasteiger partial charge in [0, 0.05) is 19.0 Å². The van der Waals surface area contributed by atoms with E-state index in [9.17, 15) is 8.78 Å². The molecule has 0 aromatic carbocycles. The predicted octanol–water partition coefficient (Wildman–Crippen LogP) is 1.93. The third-order valence-electron chi connectivity index (χ3n) is 5.13. The zero-order chi connectivity index (χ0) is 19.3. The highest BCUT2D eigenvalue weighted by atomic mass is 19.1. The highest BCUT2D eigenvalue weighted by Crippen LogP contribution is 2.43. The van der Waals surface area contributed by atoms with Gasteiger partial charge < -0.3 is 15.4 Å². The second-order valence-corrected chi connectivity index (χ2v) is 7.11. The molecular formula is C18H19F2N7O. The van der Waals surface area contributed by atoms with Crippen LogP contribution < -0.4 is 15.4 Å². The molecule has 146 valence electrons. The molecule has 0 amide bonds. The summed E-state index contributed by atoms with van der Waals surface area (Å²) in [6, 6.07) is -0.453. The summed E-state index contributed by atoms with van der Waals surface area (Å²) in [5.41, 5.74) is 1.88. The molecular weight excluding hydrogens is 368 g/mol. The molecule has 0 unspecified atom stereocenters. The standard InChI is InChI=1S/C18H19F2N7O/c1-28-14-8-27-17(25-15(14)9-2-3-9)10(4-23-27)16-12(20)6-22-18(26-16)24-13-7-21-5-11(13)19/h4,6,8-9,11,13,21H,2-3,5,7H2,1H3,(H,22,24,26)/t11-,13-/m0/s1. The average Bonchev–Trinajstić information content (AvgIpc) is 3.35. The van der Waals surface area contributed by atoms with Crippen LogP contribution in [0, 0.1) is 5.82 Å². The molecule has 1 saturated carbocycles. The highest BCUT2D eigenvalue weighted by Gasteiger charge is 2.30. The monoisotopic (exact) mass is 387 g/mol. The number of rotatable bonds is 5. The molecule has 0 radical (unpaired) electrons. The van der Waals surface area contributed by atoms with Gasteiger partial charge in [-0.05, 0) is 12.8 Å². The minimum Gasteiger partial charge on any atom is -0.493 e. The van der Waals surface area contributed by atoms with Crippen LogP contribution in [0.15, 0.2) is 18.6 Å². The van der Waals surface area contributed by atoms with Gasteiger partial charge in [-0.3, -0.25) is 0 Å². The molecule has 10 heteroatoms. The van der Waals surface area contributed by atoms with Crippen LogP contribution in [0.5, 0.6) is 5.75 Å². The number of alkyl halides is 1. The van der Waals surface area contributed by atoms with Gasteiger partial charge in [0.1, 0.15) is 11.9 Å². The number of methoxy groups -OCH3 is 1. The van der Waals surface area contributed by atoms with Crippen molar-refractivity contribution in [3.05, 3.63) is 30.1 Å². The SMILES string of the molecule is COc1cn2ncc(-c3nc(N[C@H]4CNC[C@@H]4F)ncc3F)c2nc1C1CC1. The topological polar surface area (TPSA) is 89.3 Å². The van der Waals surface area contributed by atoms with Gasteiger partial charge in [-0.25, -0.2) is 28.2 Å². The van der Waals surface area contributed by atoms with Crippen LogP contribution >= 0.6 is 0 Å². The van der Waals surface area contributed by atoms with Crippen LogP contribution in [-0.4, -0.2) is 57.0 Å². The van der Waals surface area contributed by atoms with E-state index < -0.39 is 18.0 Å². The van der Waals surface area contributed by atoms with Gasteiger partial charge in [-0.1, -0.05) is 0 Å². The van der Waals surface area contributed by atoms with Crippen LogP contribution in [0.2, 0.25) is 0 Å². The summed E-state index contributed by atoms with van der Waals surface area (Å²) in [4.78, 5) is 12.9. The molecule has 2 N–H and O–H groups in total. The molecule has 8 nitrogen and oxygen atoms in total. The van der Waals surface area contributed by atoms with Crippen LogP contribution in [-0.2, 0) is 0 Å². The number of aromatic nitrogens is 5. The first kappa shape index (κ1) is 17.2. The lowest BCUT2D eigenvalue weighted by atomic mass is 10.2. The van der Waals surface area contributed by atoms with Crippen molar-refractivity contribution in [2.75, 3.05) is 25.5 Å². The fourth-order valence-corrected chi connectivity index (χ4v) is 3.46. The molecule has 0 spiro atoms. The van der Waals surface area contributed by atoms with E-state index in [-0.39, 0.29) is 18.2 Å². The minimum atomic E-state index is -1.05. The summed E-state index contributed by atoms with van der Waals surface area (Å²) in [7, 11) is 1.59. The zero-order valence-corrected chi connectivity index (χ0v) is 15.2. The Labute approximate surface area is 159 Å². The fraction of sp³-hybridized carbons (Fsp3) is 0.444. The maximum atomic E-state index is 14.5. The van der Waals surface area contributed by atoms with E-state index >= 15 is 0 Å². The maximum absolute atomic E-state index is 14.5. The average molecular weight is 387 g/mol. The number of nitrogens with one attached hydrogen (secondary N) is 2.